The Bertz CT molecular complexity index is 776. The predicted molar refractivity (Wildman–Crippen MR) is 91.0 cm³/mol. The van der Waals surface area contributed by atoms with Crippen molar-refractivity contribution in [2.75, 3.05) is 19.8 Å². The van der Waals surface area contributed by atoms with Crippen molar-refractivity contribution in [1.29, 1.82) is 0 Å². The highest BCUT2D eigenvalue weighted by atomic mass is 31.2. The van der Waals surface area contributed by atoms with Crippen molar-refractivity contribution >= 4 is 25.1 Å². The van der Waals surface area contributed by atoms with E-state index in [0.29, 0.717) is 0 Å². The number of ketones is 2. The Balaban J connectivity index is 2.25. The van der Waals surface area contributed by atoms with Gasteiger partial charge in [-0.2, -0.15) is 0 Å². The SMILES string of the molecule is CCOP(=O)(OCC)C1C(=O)ON(CC)C12C(=O)c1ccccc1C2=O. The molecule has 9 heteroatoms. The van der Waals surface area contributed by atoms with Crippen molar-refractivity contribution in [3.8, 4) is 0 Å². The smallest absolute Gasteiger partial charge is 0.348 e. The third-order valence-electron chi connectivity index (χ3n) is 4.54. The molecule has 1 aromatic rings. The second-order valence-electron chi connectivity index (χ2n) is 5.85. The van der Waals surface area contributed by atoms with Crippen LogP contribution in [0.3, 0.4) is 0 Å². The van der Waals surface area contributed by atoms with E-state index in [9.17, 15) is 18.9 Å². The lowest BCUT2D eigenvalue weighted by Crippen LogP contribution is -2.59. The molecular weight excluding hydrogens is 361 g/mol. The molecule has 1 unspecified atom stereocenters. The number of likely N-dealkylation sites (N-methyl/N-ethyl adjacent to an activating group) is 1. The second-order valence-corrected chi connectivity index (χ2v) is 7.97. The number of fused-ring (bicyclic) bond motifs is 1. The van der Waals surface area contributed by atoms with Crippen LogP contribution in [0.4, 0.5) is 0 Å². The van der Waals surface area contributed by atoms with Gasteiger partial charge in [-0.15, -0.1) is 5.06 Å². The topological polar surface area (TPSA) is 99.2 Å². The van der Waals surface area contributed by atoms with Crippen molar-refractivity contribution in [2.24, 2.45) is 0 Å². The third kappa shape index (κ3) is 2.33. The highest BCUT2D eigenvalue weighted by Gasteiger charge is 2.74. The Labute approximate surface area is 150 Å². The van der Waals surface area contributed by atoms with Crippen LogP contribution in [0.2, 0.25) is 0 Å². The van der Waals surface area contributed by atoms with Gasteiger partial charge < -0.3 is 13.9 Å². The Morgan fingerprint density at radius 1 is 1.04 bits per heavy atom. The van der Waals surface area contributed by atoms with Crippen molar-refractivity contribution in [2.45, 2.75) is 32.0 Å². The van der Waals surface area contributed by atoms with Gasteiger partial charge in [0.1, 0.15) is 0 Å². The van der Waals surface area contributed by atoms with Crippen LogP contribution >= 0.6 is 7.60 Å². The molecule has 1 aromatic carbocycles. The van der Waals surface area contributed by atoms with Crippen molar-refractivity contribution < 1.29 is 32.8 Å². The summed E-state index contributed by atoms with van der Waals surface area (Å²) in [7, 11) is -4.15. The van der Waals surface area contributed by atoms with E-state index in [-0.39, 0.29) is 30.9 Å². The summed E-state index contributed by atoms with van der Waals surface area (Å²) in [5.41, 5.74) is -3.42. The van der Waals surface area contributed by atoms with Gasteiger partial charge in [-0.05, 0) is 20.8 Å². The van der Waals surface area contributed by atoms with Crippen LogP contribution in [0.25, 0.3) is 0 Å². The van der Waals surface area contributed by atoms with Gasteiger partial charge in [-0.3, -0.25) is 14.2 Å². The zero-order valence-corrected chi connectivity index (χ0v) is 15.7. The molecule has 1 aliphatic carbocycles. The summed E-state index contributed by atoms with van der Waals surface area (Å²) >= 11 is 0. The van der Waals surface area contributed by atoms with Crippen LogP contribution < -0.4 is 0 Å². The van der Waals surface area contributed by atoms with Gasteiger partial charge in [0.15, 0.2) is 17.2 Å². The van der Waals surface area contributed by atoms with Crippen molar-refractivity contribution in [3.63, 3.8) is 0 Å². The summed E-state index contributed by atoms with van der Waals surface area (Å²) in [4.78, 5) is 44.4. The minimum atomic E-state index is -4.15. The minimum Gasteiger partial charge on any atom is -0.365 e. The Kier molecular flexibility index (Phi) is 4.88. The fraction of sp³-hybridized carbons (Fsp3) is 0.471. The quantitative estimate of drug-likeness (QED) is 0.546. The lowest BCUT2D eigenvalue weighted by Gasteiger charge is -2.33. The molecule has 8 nitrogen and oxygen atoms in total. The molecule has 0 radical (unpaired) electrons. The van der Waals surface area contributed by atoms with E-state index < -0.39 is 36.3 Å². The number of Topliss-reactive ketones (excluding diaryl/α,β-unsaturated/α-hetero) is 2. The average Bonchev–Trinajstić information content (AvgIpc) is 3.04. The molecular formula is C17H20NO7P. The first-order valence-electron chi connectivity index (χ1n) is 8.45. The van der Waals surface area contributed by atoms with Gasteiger partial charge in [0.25, 0.3) is 0 Å². The van der Waals surface area contributed by atoms with E-state index in [2.05, 4.69) is 0 Å². The molecule has 0 N–H and O–H groups in total. The van der Waals surface area contributed by atoms with E-state index in [4.69, 9.17) is 13.9 Å². The maximum absolute atomic E-state index is 13.4. The molecule has 26 heavy (non-hydrogen) atoms. The fourth-order valence-electron chi connectivity index (χ4n) is 3.62. The normalized spacial score (nSPS) is 22.1. The summed E-state index contributed by atoms with van der Waals surface area (Å²) < 4.78 is 24.0. The summed E-state index contributed by atoms with van der Waals surface area (Å²) in [5, 5.41) is 1.01. The standard InChI is InChI=1S/C17H20NO7P/c1-4-18-17(13(19)11-9-7-8-10-12(11)14(17)20)15(16(21)25-18)26(22,23-5-2)24-6-3/h7-10,15H,4-6H2,1-3H3. The lowest BCUT2D eigenvalue weighted by molar-refractivity contribution is -0.175. The summed E-state index contributed by atoms with van der Waals surface area (Å²) in [6.07, 6.45) is 0. The average molecular weight is 381 g/mol. The number of hydrogen-bond donors (Lipinski definition) is 0. The molecule has 1 saturated heterocycles. The first-order valence-corrected chi connectivity index (χ1v) is 10.1. The number of hydrogen-bond acceptors (Lipinski definition) is 8. The number of nitrogens with zero attached hydrogens (tertiary/aromatic N) is 1. The van der Waals surface area contributed by atoms with Crippen LogP contribution in [0.5, 0.6) is 0 Å². The van der Waals surface area contributed by atoms with Crippen LogP contribution in [-0.2, 0) is 23.2 Å². The van der Waals surface area contributed by atoms with Crippen LogP contribution in [0.15, 0.2) is 24.3 Å². The van der Waals surface area contributed by atoms with Gasteiger partial charge in [-0.1, -0.05) is 24.3 Å². The van der Waals surface area contributed by atoms with Gasteiger partial charge >= 0.3 is 13.6 Å². The largest absolute Gasteiger partial charge is 0.365 e. The number of benzene rings is 1. The van der Waals surface area contributed by atoms with Gasteiger partial charge in [0.05, 0.1) is 13.2 Å². The Hall–Kier alpha value is -1.86. The Morgan fingerprint density at radius 3 is 1.96 bits per heavy atom. The monoisotopic (exact) mass is 381 g/mol. The highest BCUT2D eigenvalue weighted by molar-refractivity contribution is 7.56. The number of carbonyl (C=O) groups is 3. The molecule has 0 saturated carbocycles. The molecule has 0 bridgehead atoms. The molecule has 0 amide bonds. The van der Waals surface area contributed by atoms with Gasteiger partial charge in [-0.25, -0.2) is 4.79 Å². The van der Waals surface area contributed by atoms with E-state index in [1.165, 1.54) is 12.1 Å². The van der Waals surface area contributed by atoms with Gasteiger partial charge in [0.2, 0.25) is 5.54 Å². The third-order valence-corrected chi connectivity index (χ3v) is 7.00. The van der Waals surface area contributed by atoms with E-state index in [0.717, 1.165) is 5.06 Å². The maximum atomic E-state index is 13.4. The number of carbonyl (C=O) groups excluding carboxylic acids is 3. The summed E-state index contributed by atoms with van der Waals surface area (Å²) in [6.45, 7) is 4.84. The van der Waals surface area contributed by atoms with Crippen molar-refractivity contribution in [3.05, 3.63) is 35.4 Å². The fourth-order valence-corrected chi connectivity index (χ4v) is 5.84. The molecule has 1 heterocycles. The lowest BCUT2D eigenvalue weighted by atomic mass is 9.89. The van der Waals surface area contributed by atoms with Crippen molar-refractivity contribution in [1.82, 2.24) is 5.06 Å². The molecule has 2 aliphatic rings. The maximum Gasteiger partial charge on any atom is 0.348 e. The zero-order valence-electron chi connectivity index (χ0n) is 14.8. The van der Waals surface area contributed by atoms with E-state index >= 15 is 0 Å². The van der Waals surface area contributed by atoms with Crippen LogP contribution in [-0.4, -0.2) is 53.6 Å². The minimum absolute atomic E-state index is 0.0153. The molecule has 140 valence electrons. The molecule has 1 spiro atoms. The number of hydroxylamine groups is 2. The number of rotatable bonds is 6. The van der Waals surface area contributed by atoms with Crippen LogP contribution in [0.1, 0.15) is 41.5 Å². The summed E-state index contributed by atoms with van der Waals surface area (Å²) in [5.74, 6) is -2.22. The predicted octanol–water partition coefficient (Wildman–Crippen LogP) is 2.23. The molecule has 1 fully saturated rings. The molecule has 1 atom stereocenters. The zero-order chi connectivity index (χ0) is 19.1. The van der Waals surface area contributed by atoms with E-state index in [1.807, 2.05) is 0 Å². The molecule has 0 aromatic heterocycles. The molecule has 3 rings (SSSR count). The van der Waals surface area contributed by atoms with E-state index in [1.54, 1.807) is 32.9 Å². The second kappa shape index (κ2) is 6.70. The van der Waals surface area contributed by atoms with Gasteiger partial charge in [0, 0.05) is 17.7 Å². The first-order chi connectivity index (χ1) is 12.4. The van der Waals surface area contributed by atoms with Crippen LogP contribution in [0, 0.1) is 0 Å². The highest BCUT2D eigenvalue weighted by Crippen LogP contribution is 2.62. The summed E-state index contributed by atoms with van der Waals surface area (Å²) in [6, 6.07) is 6.25. The molecule has 1 aliphatic heterocycles. The Morgan fingerprint density at radius 2 is 1.54 bits per heavy atom. The first kappa shape index (κ1) is 18.9.